The van der Waals surface area contributed by atoms with E-state index in [0.717, 1.165) is 12.0 Å². The molecule has 0 saturated carbocycles. The standard InChI is InChI=1S/C15H22N2O3S/c1-3-13-6-4-5-7-14(13)21(19,20)16-11-12-8-9-17(2)15(18)10-12/h4-7,12,16H,3,8-11H2,1-2H3/t12-/m1/s1. The fraction of sp³-hybridized carbons (Fsp3) is 0.533. The highest BCUT2D eigenvalue weighted by Crippen LogP contribution is 2.19. The molecule has 0 aliphatic carbocycles. The van der Waals surface area contributed by atoms with E-state index < -0.39 is 10.0 Å². The van der Waals surface area contributed by atoms with Crippen LogP contribution in [0.4, 0.5) is 0 Å². The Bertz CT molecular complexity index is 613. The van der Waals surface area contributed by atoms with E-state index in [1.165, 1.54) is 0 Å². The molecule has 1 atom stereocenters. The summed E-state index contributed by atoms with van der Waals surface area (Å²) in [5.74, 6) is 0.164. The average molecular weight is 310 g/mol. The number of carbonyl (C=O) groups is 1. The van der Waals surface area contributed by atoms with Gasteiger partial charge in [0, 0.05) is 26.6 Å². The molecule has 6 heteroatoms. The van der Waals surface area contributed by atoms with E-state index in [1.807, 2.05) is 19.1 Å². The van der Waals surface area contributed by atoms with Crippen LogP contribution in [0, 0.1) is 5.92 Å². The van der Waals surface area contributed by atoms with Crippen LogP contribution >= 0.6 is 0 Å². The summed E-state index contributed by atoms with van der Waals surface area (Å²) in [6, 6.07) is 7.02. The molecule has 1 aliphatic heterocycles. The highest BCUT2D eigenvalue weighted by molar-refractivity contribution is 7.89. The first-order valence-corrected chi connectivity index (χ1v) is 8.74. The second-order valence-corrected chi connectivity index (χ2v) is 7.22. The summed E-state index contributed by atoms with van der Waals surface area (Å²) in [6.07, 6.45) is 1.92. The molecule has 0 radical (unpaired) electrons. The number of likely N-dealkylation sites (tertiary alicyclic amines) is 1. The predicted octanol–water partition coefficient (Wildman–Crippen LogP) is 1.40. The van der Waals surface area contributed by atoms with Crippen LogP contribution < -0.4 is 4.72 Å². The van der Waals surface area contributed by atoms with Crippen molar-refractivity contribution < 1.29 is 13.2 Å². The van der Waals surface area contributed by atoms with Gasteiger partial charge in [0.25, 0.3) is 0 Å². The largest absolute Gasteiger partial charge is 0.346 e. The average Bonchev–Trinajstić information content (AvgIpc) is 2.48. The van der Waals surface area contributed by atoms with Crippen molar-refractivity contribution in [3.8, 4) is 0 Å². The van der Waals surface area contributed by atoms with Crippen molar-refractivity contribution >= 4 is 15.9 Å². The Balaban J connectivity index is 2.03. The zero-order valence-electron chi connectivity index (χ0n) is 12.5. The van der Waals surface area contributed by atoms with Gasteiger partial charge in [0.1, 0.15) is 0 Å². The SMILES string of the molecule is CCc1ccccc1S(=O)(=O)NC[C@@H]1CCN(C)C(=O)C1. The van der Waals surface area contributed by atoms with Gasteiger partial charge in [0.15, 0.2) is 0 Å². The van der Waals surface area contributed by atoms with Crippen molar-refractivity contribution in [3.05, 3.63) is 29.8 Å². The topological polar surface area (TPSA) is 66.5 Å². The quantitative estimate of drug-likeness (QED) is 0.894. The molecule has 1 aromatic rings. The van der Waals surface area contributed by atoms with E-state index in [9.17, 15) is 13.2 Å². The summed E-state index contributed by atoms with van der Waals surface area (Å²) >= 11 is 0. The summed E-state index contributed by atoms with van der Waals surface area (Å²) in [4.78, 5) is 13.7. The Morgan fingerprint density at radius 3 is 2.71 bits per heavy atom. The van der Waals surface area contributed by atoms with Crippen LogP contribution in [-0.2, 0) is 21.2 Å². The maximum Gasteiger partial charge on any atom is 0.240 e. The summed E-state index contributed by atoms with van der Waals surface area (Å²) in [5, 5.41) is 0. The molecule has 0 aromatic heterocycles. The van der Waals surface area contributed by atoms with Crippen molar-refractivity contribution in [2.75, 3.05) is 20.1 Å². The Morgan fingerprint density at radius 1 is 1.33 bits per heavy atom. The number of benzene rings is 1. The van der Waals surface area contributed by atoms with Gasteiger partial charge in [-0.2, -0.15) is 0 Å². The molecule has 116 valence electrons. The highest BCUT2D eigenvalue weighted by atomic mass is 32.2. The molecule has 21 heavy (non-hydrogen) atoms. The molecule has 0 unspecified atom stereocenters. The number of carbonyl (C=O) groups excluding carboxylic acids is 1. The number of hydrogen-bond acceptors (Lipinski definition) is 3. The first-order valence-electron chi connectivity index (χ1n) is 7.25. The predicted molar refractivity (Wildman–Crippen MR) is 81.4 cm³/mol. The summed E-state index contributed by atoms with van der Waals surface area (Å²) in [7, 11) is -1.73. The molecular formula is C15H22N2O3S. The van der Waals surface area contributed by atoms with Crippen molar-refractivity contribution in [1.82, 2.24) is 9.62 Å². The Kier molecular flexibility index (Phi) is 5.00. The number of sulfonamides is 1. The third-order valence-electron chi connectivity index (χ3n) is 3.97. The molecule has 1 heterocycles. The monoisotopic (exact) mass is 310 g/mol. The lowest BCUT2D eigenvalue weighted by molar-refractivity contribution is -0.133. The highest BCUT2D eigenvalue weighted by Gasteiger charge is 2.25. The molecule has 1 saturated heterocycles. The number of amides is 1. The van der Waals surface area contributed by atoms with Crippen molar-refractivity contribution in [2.24, 2.45) is 5.92 Å². The molecule has 0 spiro atoms. The number of piperidine rings is 1. The second-order valence-electron chi connectivity index (χ2n) is 5.49. The lowest BCUT2D eigenvalue weighted by Crippen LogP contribution is -2.40. The fourth-order valence-corrected chi connectivity index (χ4v) is 3.97. The Hall–Kier alpha value is -1.40. The van der Waals surface area contributed by atoms with Gasteiger partial charge in [-0.05, 0) is 30.4 Å². The van der Waals surface area contributed by atoms with E-state index >= 15 is 0 Å². The van der Waals surface area contributed by atoms with Crippen molar-refractivity contribution in [3.63, 3.8) is 0 Å². The van der Waals surface area contributed by atoms with Gasteiger partial charge in [-0.25, -0.2) is 13.1 Å². The van der Waals surface area contributed by atoms with Gasteiger partial charge in [-0.15, -0.1) is 0 Å². The minimum absolute atomic E-state index is 0.0808. The second kappa shape index (κ2) is 6.58. The zero-order chi connectivity index (χ0) is 15.5. The number of aryl methyl sites for hydroxylation is 1. The van der Waals surface area contributed by atoms with E-state index in [1.54, 1.807) is 24.1 Å². The molecule has 0 bridgehead atoms. The molecule has 1 aromatic carbocycles. The zero-order valence-corrected chi connectivity index (χ0v) is 13.3. The van der Waals surface area contributed by atoms with Crippen LogP contribution in [0.3, 0.4) is 0 Å². The molecule has 1 N–H and O–H groups in total. The minimum atomic E-state index is -3.51. The number of nitrogens with zero attached hydrogens (tertiary/aromatic N) is 1. The van der Waals surface area contributed by atoms with Crippen LogP contribution in [0.5, 0.6) is 0 Å². The van der Waals surface area contributed by atoms with Crippen LogP contribution in [0.2, 0.25) is 0 Å². The molecule has 5 nitrogen and oxygen atoms in total. The van der Waals surface area contributed by atoms with Gasteiger partial charge in [0.05, 0.1) is 4.90 Å². The summed E-state index contributed by atoms with van der Waals surface area (Å²) in [6.45, 7) is 2.95. The van der Waals surface area contributed by atoms with Crippen LogP contribution in [0.25, 0.3) is 0 Å². The fourth-order valence-electron chi connectivity index (χ4n) is 2.54. The lowest BCUT2D eigenvalue weighted by Gasteiger charge is -2.28. The van der Waals surface area contributed by atoms with Crippen LogP contribution in [0.1, 0.15) is 25.3 Å². The van der Waals surface area contributed by atoms with Gasteiger partial charge in [-0.3, -0.25) is 4.79 Å². The Labute approximate surface area is 126 Å². The van der Waals surface area contributed by atoms with Crippen LogP contribution in [-0.4, -0.2) is 39.4 Å². The first-order chi connectivity index (χ1) is 9.94. The number of nitrogens with one attached hydrogen (secondary N) is 1. The van der Waals surface area contributed by atoms with E-state index in [-0.39, 0.29) is 11.8 Å². The molecule has 2 rings (SSSR count). The van der Waals surface area contributed by atoms with Gasteiger partial charge >= 0.3 is 0 Å². The molecule has 1 aliphatic rings. The summed E-state index contributed by atoms with van der Waals surface area (Å²) < 4.78 is 27.4. The van der Waals surface area contributed by atoms with E-state index in [2.05, 4.69) is 4.72 Å². The smallest absolute Gasteiger partial charge is 0.240 e. The lowest BCUT2D eigenvalue weighted by atomic mass is 9.97. The summed E-state index contributed by atoms with van der Waals surface area (Å²) in [5.41, 5.74) is 0.810. The van der Waals surface area contributed by atoms with Gasteiger partial charge in [0.2, 0.25) is 15.9 Å². The maximum absolute atomic E-state index is 12.4. The first kappa shape index (κ1) is 16.0. The number of rotatable bonds is 5. The van der Waals surface area contributed by atoms with Crippen molar-refractivity contribution in [2.45, 2.75) is 31.1 Å². The third-order valence-corrected chi connectivity index (χ3v) is 5.49. The molecular weight excluding hydrogens is 288 g/mol. The minimum Gasteiger partial charge on any atom is -0.346 e. The van der Waals surface area contributed by atoms with E-state index in [0.29, 0.717) is 30.8 Å². The Morgan fingerprint density at radius 2 is 2.05 bits per heavy atom. The van der Waals surface area contributed by atoms with E-state index in [4.69, 9.17) is 0 Å². The number of hydrogen-bond donors (Lipinski definition) is 1. The maximum atomic E-state index is 12.4. The molecule has 1 fully saturated rings. The third kappa shape index (κ3) is 3.83. The van der Waals surface area contributed by atoms with Crippen LogP contribution in [0.15, 0.2) is 29.2 Å². The van der Waals surface area contributed by atoms with Gasteiger partial charge < -0.3 is 4.90 Å². The van der Waals surface area contributed by atoms with Gasteiger partial charge in [-0.1, -0.05) is 25.1 Å². The van der Waals surface area contributed by atoms with Crippen molar-refractivity contribution in [1.29, 1.82) is 0 Å². The molecule has 1 amide bonds. The normalized spacial score (nSPS) is 19.8.